The Kier molecular flexibility index (Phi) is 4.33. The number of hydrogen-bond donors (Lipinski definition) is 1. The van der Waals surface area contributed by atoms with Crippen LogP contribution in [0.1, 0.15) is 11.8 Å². The molecular formula is C15H20N4O4. The van der Waals surface area contributed by atoms with Crippen molar-refractivity contribution in [3.8, 4) is 0 Å². The van der Waals surface area contributed by atoms with Gasteiger partial charge in [0.25, 0.3) is 0 Å². The van der Waals surface area contributed by atoms with Gasteiger partial charge in [0.1, 0.15) is 11.8 Å². The molecule has 1 fully saturated rings. The van der Waals surface area contributed by atoms with E-state index in [1.54, 1.807) is 12.1 Å². The van der Waals surface area contributed by atoms with Crippen LogP contribution in [0.25, 0.3) is 0 Å². The molecule has 1 saturated heterocycles. The van der Waals surface area contributed by atoms with Crippen LogP contribution in [0.3, 0.4) is 0 Å². The van der Waals surface area contributed by atoms with Gasteiger partial charge < -0.3 is 19.0 Å². The molecule has 124 valence electrons. The van der Waals surface area contributed by atoms with E-state index >= 15 is 0 Å². The SMILES string of the molecule is COC(=O)[C@@H]1C(=O)NC(N2CCN(C)CC2)=N[C@@H]1c1ccco1. The van der Waals surface area contributed by atoms with Gasteiger partial charge >= 0.3 is 5.97 Å². The Hall–Kier alpha value is -2.35. The minimum Gasteiger partial charge on any atom is -0.468 e. The zero-order valence-corrected chi connectivity index (χ0v) is 13.2. The fourth-order valence-corrected chi connectivity index (χ4v) is 2.80. The van der Waals surface area contributed by atoms with Crippen molar-refractivity contribution < 1.29 is 18.7 Å². The fourth-order valence-electron chi connectivity index (χ4n) is 2.80. The number of esters is 1. The summed E-state index contributed by atoms with van der Waals surface area (Å²) >= 11 is 0. The van der Waals surface area contributed by atoms with Gasteiger partial charge in [0.2, 0.25) is 11.9 Å². The highest BCUT2D eigenvalue weighted by Crippen LogP contribution is 2.31. The van der Waals surface area contributed by atoms with Gasteiger partial charge in [-0.1, -0.05) is 0 Å². The first kappa shape index (κ1) is 15.5. The lowest BCUT2D eigenvalue weighted by Crippen LogP contribution is -2.56. The number of carbonyl (C=O) groups is 2. The molecular weight excluding hydrogens is 300 g/mol. The van der Waals surface area contributed by atoms with E-state index in [4.69, 9.17) is 9.15 Å². The molecule has 8 nitrogen and oxygen atoms in total. The maximum absolute atomic E-state index is 12.4. The number of likely N-dealkylation sites (N-methyl/N-ethyl adjacent to an activating group) is 1. The number of ether oxygens (including phenoxy) is 1. The highest BCUT2D eigenvalue weighted by Gasteiger charge is 2.43. The molecule has 0 unspecified atom stereocenters. The van der Waals surface area contributed by atoms with E-state index in [1.165, 1.54) is 13.4 Å². The number of guanidine groups is 1. The number of amides is 1. The van der Waals surface area contributed by atoms with Crippen LogP contribution in [-0.2, 0) is 14.3 Å². The van der Waals surface area contributed by atoms with Crippen LogP contribution in [0.2, 0.25) is 0 Å². The molecule has 0 aliphatic carbocycles. The summed E-state index contributed by atoms with van der Waals surface area (Å²) < 4.78 is 10.1. The number of furan rings is 1. The number of nitrogens with one attached hydrogen (secondary N) is 1. The van der Waals surface area contributed by atoms with Crippen LogP contribution in [0.5, 0.6) is 0 Å². The predicted molar refractivity (Wildman–Crippen MR) is 81.6 cm³/mol. The van der Waals surface area contributed by atoms with Gasteiger partial charge in [-0.3, -0.25) is 14.9 Å². The van der Waals surface area contributed by atoms with E-state index in [-0.39, 0.29) is 0 Å². The average molecular weight is 320 g/mol. The van der Waals surface area contributed by atoms with Crippen molar-refractivity contribution >= 4 is 17.8 Å². The van der Waals surface area contributed by atoms with Crippen molar-refractivity contribution in [1.29, 1.82) is 0 Å². The molecule has 0 bridgehead atoms. The number of rotatable bonds is 2. The topological polar surface area (TPSA) is 87.4 Å². The molecule has 0 aromatic carbocycles. The number of piperazine rings is 1. The first-order valence-electron chi connectivity index (χ1n) is 7.53. The number of hydrogen-bond acceptors (Lipinski definition) is 7. The van der Waals surface area contributed by atoms with Gasteiger partial charge in [0.05, 0.1) is 13.4 Å². The van der Waals surface area contributed by atoms with E-state index < -0.39 is 23.8 Å². The van der Waals surface area contributed by atoms with Crippen LogP contribution < -0.4 is 5.32 Å². The Balaban J connectivity index is 1.90. The van der Waals surface area contributed by atoms with Gasteiger partial charge in [-0.25, -0.2) is 4.99 Å². The smallest absolute Gasteiger partial charge is 0.320 e. The van der Waals surface area contributed by atoms with Gasteiger partial charge in [-0.05, 0) is 19.2 Å². The average Bonchev–Trinajstić information content (AvgIpc) is 3.08. The van der Waals surface area contributed by atoms with E-state index in [2.05, 4.69) is 22.3 Å². The van der Waals surface area contributed by atoms with Crippen LogP contribution in [0.15, 0.2) is 27.8 Å². The molecule has 0 saturated carbocycles. The maximum atomic E-state index is 12.4. The molecule has 2 aliphatic heterocycles. The number of methoxy groups -OCH3 is 1. The number of carbonyl (C=O) groups excluding carboxylic acids is 2. The molecule has 0 radical (unpaired) electrons. The second-order valence-electron chi connectivity index (χ2n) is 5.69. The van der Waals surface area contributed by atoms with Crippen molar-refractivity contribution in [3.05, 3.63) is 24.2 Å². The Morgan fingerprint density at radius 3 is 2.74 bits per heavy atom. The number of nitrogens with zero attached hydrogens (tertiary/aromatic N) is 3. The van der Waals surface area contributed by atoms with Gasteiger partial charge in [0.15, 0.2) is 5.92 Å². The molecule has 1 aromatic rings. The maximum Gasteiger partial charge on any atom is 0.320 e. The van der Waals surface area contributed by atoms with Crippen molar-refractivity contribution in [2.24, 2.45) is 10.9 Å². The molecule has 0 spiro atoms. The van der Waals surface area contributed by atoms with Crippen LogP contribution >= 0.6 is 0 Å². The van der Waals surface area contributed by atoms with Crippen molar-refractivity contribution in [3.63, 3.8) is 0 Å². The van der Waals surface area contributed by atoms with Crippen LogP contribution in [-0.4, -0.2) is 68.0 Å². The first-order chi connectivity index (χ1) is 11.1. The Morgan fingerprint density at radius 1 is 1.39 bits per heavy atom. The first-order valence-corrected chi connectivity index (χ1v) is 7.53. The lowest BCUT2D eigenvalue weighted by atomic mass is 9.95. The lowest BCUT2D eigenvalue weighted by molar-refractivity contribution is -0.151. The summed E-state index contributed by atoms with van der Waals surface area (Å²) in [6.07, 6.45) is 1.50. The lowest BCUT2D eigenvalue weighted by Gasteiger charge is -2.37. The van der Waals surface area contributed by atoms with Crippen LogP contribution in [0.4, 0.5) is 0 Å². The van der Waals surface area contributed by atoms with Gasteiger partial charge in [0, 0.05) is 26.2 Å². The summed E-state index contributed by atoms with van der Waals surface area (Å²) in [5, 5.41) is 2.73. The Labute approximate surface area is 134 Å². The third-order valence-electron chi connectivity index (χ3n) is 4.19. The highest BCUT2D eigenvalue weighted by atomic mass is 16.5. The summed E-state index contributed by atoms with van der Waals surface area (Å²) in [6, 6.07) is 2.71. The van der Waals surface area contributed by atoms with Gasteiger partial charge in [-0.15, -0.1) is 0 Å². The fraction of sp³-hybridized carbons (Fsp3) is 0.533. The normalized spacial score (nSPS) is 25.7. The van der Waals surface area contributed by atoms with E-state index in [1.807, 2.05) is 4.90 Å². The van der Waals surface area contributed by atoms with Crippen molar-refractivity contribution in [2.75, 3.05) is 40.3 Å². The summed E-state index contributed by atoms with van der Waals surface area (Å²) in [6.45, 7) is 3.31. The summed E-state index contributed by atoms with van der Waals surface area (Å²) in [5.41, 5.74) is 0. The third kappa shape index (κ3) is 3.07. The largest absolute Gasteiger partial charge is 0.468 e. The quantitative estimate of drug-likeness (QED) is 0.602. The third-order valence-corrected chi connectivity index (χ3v) is 4.19. The van der Waals surface area contributed by atoms with E-state index in [0.29, 0.717) is 11.7 Å². The molecule has 1 N–H and O–H groups in total. The van der Waals surface area contributed by atoms with Crippen LogP contribution in [0, 0.1) is 5.92 Å². The molecule has 2 atom stereocenters. The molecule has 2 aliphatic rings. The number of aliphatic imine (C=N–C) groups is 1. The second-order valence-corrected chi connectivity index (χ2v) is 5.69. The molecule has 23 heavy (non-hydrogen) atoms. The molecule has 1 amide bonds. The van der Waals surface area contributed by atoms with Crippen molar-refractivity contribution in [2.45, 2.75) is 6.04 Å². The second kappa shape index (κ2) is 6.41. The van der Waals surface area contributed by atoms with E-state index in [9.17, 15) is 9.59 Å². The standard InChI is InChI=1S/C15H20N4O4/c1-18-5-7-19(8-6-18)15-16-12(10-4-3-9-23-10)11(13(20)17-15)14(21)22-2/h3-4,9,11-12H,5-8H2,1-2H3,(H,16,17,20)/t11-,12+/m0/s1. The molecule has 3 rings (SSSR count). The Bertz CT molecular complexity index is 605. The molecule has 3 heterocycles. The van der Waals surface area contributed by atoms with Gasteiger partial charge in [-0.2, -0.15) is 0 Å². The highest BCUT2D eigenvalue weighted by molar-refractivity contribution is 6.08. The predicted octanol–water partition coefficient (Wildman–Crippen LogP) is -0.157. The van der Waals surface area contributed by atoms with Crippen molar-refractivity contribution in [1.82, 2.24) is 15.1 Å². The minimum atomic E-state index is -1.04. The summed E-state index contributed by atoms with van der Waals surface area (Å²) in [7, 11) is 3.31. The zero-order chi connectivity index (χ0) is 16.4. The summed E-state index contributed by atoms with van der Waals surface area (Å²) in [4.78, 5) is 33.2. The van der Waals surface area contributed by atoms with E-state index in [0.717, 1.165) is 26.2 Å². The zero-order valence-electron chi connectivity index (χ0n) is 13.2. The minimum absolute atomic E-state index is 0.415. The molecule has 8 heteroatoms. The Morgan fingerprint density at radius 2 is 2.13 bits per heavy atom. The molecule has 1 aromatic heterocycles. The summed E-state index contributed by atoms with van der Waals surface area (Å²) in [5.74, 6) is -1.11. The monoisotopic (exact) mass is 320 g/mol.